The van der Waals surface area contributed by atoms with Gasteiger partial charge in [0.25, 0.3) is 0 Å². The van der Waals surface area contributed by atoms with E-state index in [2.05, 4.69) is 15.0 Å². The monoisotopic (exact) mass is 315 g/mol. The number of hydrogen-bond donors (Lipinski definition) is 1. The lowest BCUT2D eigenvalue weighted by molar-refractivity contribution is 0.0696. The summed E-state index contributed by atoms with van der Waals surface area (Å²) < 4.78 is 5.19. The number of hydrogen-bond acceptors (Lipinski definition) is 5. The van der Waals surface area contributed by atoms with Gasteiger partial charge in [0.05, 0.1) is 5.56 Å². The summed E-state index contributed by atoms with van der Waals surface area (Å²) in [6.07, 6.45) is 3.04. The van der Waals surface area contributed by atoms with Crippen molar-refractivity contribution in [1.82, 2.24) is 15.0 Å². The normalized spacial score (nSPS) is 16.6. The van der Waals surface area contributed by atoms with E-state index in [1.165, 1.54) is 0 Å². The molecule has 23 heavy (non-hydrogen) atoms. The second-order valence-electron chi connectivity index (χ2n) is 6.16. The molecule has 1 aliphatic rings. The molecule has 1 aliphatic heterocycles. The van der Waals surface area contributed by atoms with Crippen LogP contribution in [0.4, 0.5) is 0 Å². The molecule has 0 saturated carbocycles. The Hall–Kier alpha value is -2.21. The molecule has 0 amide bonds. The SMILES string of the molecule is Cc1noc(CC2CCN(Cc3cccc(C(=O)O)c3)CC2)n1. The first-order chi connectivity index (χ1) is 11.1. The predicted molar refractivity (Wildman–Crippen MR) is 84.1 cm³/mol. The fraction of sp³-hybridized carbons (Fsp3) is 0.471. The Morgan fingerprint density at radius 2 is 2.17 bits per heavy atom. The summed E-state index contributed by atoms with van der Waals surface area (Å²) in [7, 11) is 0. The Morgan fingerprint density at radius 1 is 1.39 bits per heavy atom. The molecular formula is C17H21N3O3. The van der Waals surface area contributed by atoms with Crippen molar-refractivity contribution < 1.29 is 14.4 Å². The Labute approximate surface area is 135 Å². The third-order valence-corrected chi connectivity index (χ3v) is 4.32. The van der Waals surface area contributed by atoms with Crippen LogP contribution in [0.3, 0.4) is 0 Å². The van der Waals surface area contributed by atoms with Crippen LogP contribution in [0, 0.1) is 12.8 Å². The molecule has 0 radical (unpaired) electrons. The average Bonchev–Trinajstić information content (AvgIpc) is 2.94. The van der Waals surface area contributed by atoms with Gasteiger partial charge in [0.1, 0.15) is 0 Å². The zero-order valence-corrected chi connectivity index (χ0v) is 13.2. The maximum Gasteiger partial charge on any atom is 0.335 e. The molecule has 122 valence electrons. The second kappa shape index (κ2) is 6.91. The third-order valence-electron chi connectivity index (χ3n) is 4.32. The van der Waals surface area contributed by atoms with Crippen LogP contribution in [0.15, 0.2) is 28.8 Å². The number of aromatic nitrogens is 2. The Kier molecular flexibility index (Phi) is 4.71. The van der Waals surface area contributed by atoms with Gasteiger partial charge in [0, 0.05) is 13.0 Å². The molecule has 0 bridgehead atoms. The van der Waals surface area contributed by atoms with E-state index in [1.54, 1.807) is 12.1 Å². The van der Waals surface area contributed by atoms with E-state index in [0.717, 1.165) is 50.4 Å². The van der Waals surface area contributed by atoms with Crippen molar-refractivity contribution in [2.75, 3.05) is 13.1 Å². The molecular weight excluding hydrogens is 294 g/mol. The molecule has 1 N–H and O–H groups in total. The van der Waals surface area contributed by atoms with Crippen LogP contribution in [-0.4, -0.2) is 39.2 Å². The number of carboxylic acids is 1. The first-order valence-electron chi connectivity index (χ1n) is 7.94. The number of piperidine rings is 1. The smallest absolute Gasteiger partial charge is 0.335 e. The van der Waals surface area contributed by atoms with Crippen molar-refractivity contribution in [3.8, 4) is 0 Å². The summed E-state index contributed by atoms with van der Waals surface area (Å²) in [5, 5.41) is 12.9. The van der Waals surface area contributed by atoms with E-state index in [9.17, 15) is 4.79 Å². The van der Waals surface area contributed by atoms with E-state index in [-0.39, 0.29) is 0 Å². The Morgan fingerprint density at radius 3 is 2.83 bits per heavy atom. The molecule has 0 spiro atoms. The Balaban J connectivity index is 1.51. The number of benzene rings is 1. The van der Waals surface area contributed by atoms with Gasteiger partial charge in [-0.25, -0.2) is 4.79 Å². The number of likely N-dealkylation sites (tertiary alicyclic amines) is 1. The topological polar surface area (TPSA) is 79.5 Å². The van der Waals surface area contributed by atoms with Gasteiger partial charge in [0.2, 0.25) is 5.89 Å². The maximum absolute atomic E-state index is 11.0. The number of carbonyl (C=O) groups is 1. The molecule has 1 saturated heterocycles. The summed E-state index contributed by atoms with van der Waals surface area (Å²) in [4.78, 5) is 17.7. The summed E-state index contributed by atoms with van der Waals surface area (Å²) in [6.45, 7) is 4.65. The van der Waals surface area contributed by atoms with Gasteiger partial charge in [-0.1, -0.05) is 17.3 Å². The minimum atomic E-state index is -0.875. The number of aromatic carboxylic acids is 1. The fourth-order valence-corrected chi connectivity index (χ4v) is 3.08. The highest BCUT2D eigenvalue weighted by Crippen LogP contribution is 2.22. The van der Waals surface area contributed by atoms with Crippen molar-refractivity contribution >= 4 is 5.97 Å². The molecule has 0 unspecified atom stereocenters. The van der Waals surface area contributed by atoms with Crippen molar-refractivity contribution in [2.24, 2.45) is 5.92 Å². The van der Waals surface area contributed by atoms with E-state index >= 15 is 0 Å². The minimum Gasteiger partial charge on any atom is -0.478 e. The van der Waals surface area contributed by atoms with Crippen LogP contribution in [0.1, 0.15) is 40.5 Å². The summed E-state index contributed by atoms with van der Waals surface area (Å²) in [6, 6.07) is 7.18. The lowest BCUT2D eigenvalue weighted by Gasteiger charge is -2.31. The highest BCUT2D eigenvalue weighted by atomic mass is 16.5. The van der Waals surface area contributed by atoms with Gasteiger partial charge < -0.3 is 9.63 Å². The molecule has 6 nitrogen and oxygen atoms in total. The summed E-state index contributed by atoms with van der Waals surface area (Å²) in [5.74, 6) is 1.13. The molecule has 2 heterocycles. The Bertz CT molecular complexity index is 675. The number of aryl methyl sites for hydroxylation is 1. The highest BCUT2D eigenvalue weighted by molar-refractivity contribution is 5.87. The number of carboxylic acid groups (broad SMARTS) is 1. The molecule has 2 aromatic rings. The van der Waals surface area contributed by atoms with Crippen molar-refractivity contribution in [3.63, 3.8) is 0 Å². The molecule has 1 aromatic heterocycles. The van der Waals surface area contributed by atoms with Crippen LogP contribution in [0.5, 0.6) is 0 Å². The molecule has 0 atom stereocenters. The number of rotatable bonds is 5. The minimum absolute atomic E-state index is 0.351. The summed E-state index contributed by atoms with van der Waals surface area (Å²) in [5.41, 5.74) is 1.40. The third kappa shape index (κ3) is 4.16. The van der Waals surface area contributed by atoms with Crippen LogP contribution >= 0.6 is 0 Å². The van der Waals surface area contributed by atoms with Crippen LogP contribution < -0.4 is 0 Å². The van der Waals surface area contributed by atoms with E-state index in [1.807, 2.05) is 19.1 Å². The lowest BCUT2D eigenvalue weighted by Crippen LogP contribution is -2.33. The van der Waals surface area contributed by atoms with Crippen LogP contribution in [-0.2, 0) is 13.0 Å². The zero-order valence-electron chi connectivity index (χ0n) is 13.2. The van der Waals surface area contributed by atoms with Gasteiger partial charge in [-0.05, 0) is 56.5 Å². The van der Waals surface area contributed by atoms with E-state index < -0.39 is 5.97 Å². The first kappa shape index (κ1) is 15.7. The average molecular weight is 315 g/mol. The van der Waals surface area contributed by atoms with Crippen LogP contribution in [0.2, 0.25) is 0 Å². The van der Waals surface area contributed by atoms with Crippen molar-refractivity contribution in [2.45, 2.75) is 32.7 Å². The van der Waals surface area contributed by atoms with Crippen molar-refractivity contribution in [3.05, 3.63) is 47.1 Å². The molecule has 3 rings (SSSR count). The van der Waals surface area contributed by atoms with Crippen LogP contribution in [0.25, 0.3) is 0 Å². The van der Waals surface area contributed by atoms with Gasteiger partial charge in [-0.15, -0.1) is 0 Å². The van der Waals surface area contributed by atoms with Gasteiger partial charge in [-0.2, -0.15) is 4.98 Å². The predicted octanol–water partition coefficient (Wildman–Crippen LogP) is 2.53. The largest absolute Gasteiger partial charge is 0.478 e. The molecule has 1 fully saturated rings. The second-order valence-corrected chi connectivity index (χ2v) is 6.16. The van der Waals surface area contributed by atoms with E-state index in [0.29, 0.717) is 17.3 Å². The van der Waals surface area contributed by atoms with E-state index in [4.69, 9.17) is 9.63 Å². The van der Waals surface area contributed by atoms with Crippen molar-refractivity contribution in [1.29, 1.82) is 0 Å². The molecule has 0 aliphatic carbocycles. The zero-order chi connectivity index (χ0) is 16.2. The standard InChI is InChI=1S/C17H21N3O3/c1-12-18-16(23-19-12)10-13-5-7-20(8-6-13)11-14-3-2-4-15(9-14)17(21)22/h2-4,9,13H,5-8,10-11H2,1H3,(H,21,22). The fourth-order valence-electron chi connectivity index (χ4n) is 3.08. The quantitative estimate of drug-likeness (QED) is 0.913. The number of nitrogens with zero attached hydrogens (tertiary/aromatic N) is 3. The van der Waals surface area contributed by atoms with Gasteiger partial charge >= 0.3 is 5.97 Å². The van der Waals surface area contributed by atoms with Gasteiger partial charge in [-0.3, -0.25) is 4.90 Å². The summed E-state index contributed by atoms with van der Waals surface area (Å²) >= 11 is 0. The lowest BCUT2D eigenvalue weighted by atomic mass is 9.93. The maximum atomic E-state index is 11.0. The first-order valence-corrected chi connectivity index (χ1v) is 7.94. The molecule has 6 heteroatoms. The highest BCUT2D eigenvalue weighted by Gasteiger charge is 2.21. The molecule has 1 aromatic carbocycles. The van der Waals surface area contributed by atoms with Gasteiger partial charge in [0.15, 0.2) is 5.82 Å².